The fourth-order valence-corrected chi connectivity index (χ4v) is 3.48. The van der Waals surface area contributed by atoms with Gasteiger partial charge in [0.2, 0.25) is 0 Å². The Hall–Kier alpha value is -0.980. The van der Waals surface area contributed by atoms with E-state index in [2.05, 4.69) is 48.6 Å². The minimum Gasteiger partial charge on any atom is -0.332 e. The topological polar surface area (TPSA) is 24.1 Å². The molecule has 0 radical (unpaired) electrons. The molecule has 0 saturated heterocycles. The first-order valence-electron chi connectivity index (χ1n) is 6.16. The SMILES string of the molecule is Cc1cc(C)cc(NC(=S)Nc2c(F)cc(Br)cc2Br)c1. The summed E-state index contributed by atoms with van der Waals surface area (Å²) in [6, 6.07) is 9.17. The van der Waals surface area contributed by atoms with Crippen LogP contribution in [0.25, 0.3) is 0 Å². The Bertz CT molecular complexity index is 661. The number of hydrogen-bond acceptors (Lipinski definition) is 1. The van der Waals surface area contributed by atoms with Gasteiger partial charge in [0.15, 0.2) is 5.11 Å². The van der Waals surface area contributed by atoms with Crippen LogP contribution in [0.15, 0.2) is 39.3 Å². The van der Waals surface area contributed by atoms with Crippen LogP contribution in [0.1, 0.15) is 11.1 Å². The molecule has 21 heavy (non-hydrogen) atoms. The van der Waals surface area contributed by atoms with Gasteiger partial charge in [-0.25, -0.2) is 4.39 Å². The van der Waals surface area contributed by atoms with Gasteiger partial charge >= 0.3 is 0 Å². The molecule has 0 saturated carbocycles. The lowest BCUT2D eigenvalue weighted by atomic mass is 10.1. The Kier molecular flexibility index (Phi) is 5.35. The number of nitrogens with one attached hydrogen (secondary N) is 2. The van der Waals surface area contributed by atoms with Crippen molar-refractivity contribution in [3.63, 3.8) is 0 Å². The van der Waals surface area contributed by atoms with Crippen LogP contribution < -0.4 is 10.6 Å². The standard InChI is InChI=1S/C15H13Br2FN2S/c1-8-3-9(2)5-11(4-8)19-15(21)20-14-12(17)6-10(16)7-13(14)18/h3-7H,1-2H3,(H2,19,20,21). The summed E-state index contributed by atoms with van der Waals surface area (Å²) in [4.78, 5) is 0. The summed E-state index contributed by atoms with van der Waals surface area (Å²) in [5, 5.41) is 6.27. The summed E-state index contributed by atoms with van der Waals surface area (Å²) in [7, 11) is 0. The first kappa shape index (κ1) is 16.4. The Morgan fingerprint density at radius 2 is 1.62 bits per heavy atom. The Balaban J connectivity index is 2.15. The van der Waals surface area contributed by atoms with Gasteiger partial charge in [-0.3, -0.25) is 0 Å². The molecule has 0 atom stereocenters. The maximum Gasteiger partial charge on any atom is 0.175 e. The first-order chi connectivity index (χ1) is 9.85. The third-order valence-electron chi connectivity index (χ3n) is 2.72. The van der Waals surface area contributed by atoms with Crippen LogP contribution in [-0.2, 0) is 0 Å². The zero-order valence-corrected chi connectivity index (χ0v) is 15.4. The van der Waals surface area contributed by atoms with Crippen molar-refractivity contribution >= 4 is 60.6 Å². The van der Waals surface area contributed by atoms with Crippen LogP contribution in [0.5, 0.6) is 0 Å². The number of hydrogen-bond donors (Lipinski definition) is 2. The molecule has 0 aromatic heterocycles. The Morgan fingerprint density at radius 1 is 1.00 bits per heavy atom. The van der Waals surface area contributed by atoms with Gasteiger partial charge in [-0.2, -0.15) is 0 Å². The van der Waals surface area contributed by atoms with Crippen LogP contribution in [-0.4, -0.2) is 5.11 Å². The largest absolute Gasteiger partial charge is 0.332 e. The average Bonchev–Trinajstić information content (AvgIpc) is 2.32. The van der Waals surface area contributed by atoms with Crippen LogP contribution in [0.3, 0.4) is 0 Å². The molecule has 6 heteroatoms. The zero-order valence-electron chi connectivity index (χ0n) is 11.4. The predicted molar refractivity (Wildman–Crippen MR) is 97.6 cm³/mol. The van der Waals surface area contributed by atoms with Crippen LogP contribution in [0.4, 0.5) is 15.8 Å². The van der Waals surface area contributed by atoms with E-state index in [1.54, 1.807) is 6.07 Å². The number of thiocarbonyl (C=S) groups is 1. The summed E-state index contributed by atoms with van der Waals surface area (Å²) >= 11 is 11.8. The van der Waals surface area contributed by atoms with Crippen molar-refractivity contribution in [2.75, 3.05) is 10.6 Å². The molecule has 2 aromatic rings. The number of aryl methyl sites for hydroxylation is 2. The second-order valence-electron chi connectivity index (χ2n) is 4.70. The van der Waals surface area contributed by atoms with Gasteiger partial charge < -0.3 is 10.6 Å². The van der Waals surface area contributed by atoms with Crippen molar-refractivity contribution in [3.8, 4) is 0 Å². The van der Waals surface area contributed by atoms with E-state index >= 15 is 0 Å². The highest BCUT2D eigenvalue weighted by molar-refractivity contribution is 9.11. The van der Waals surface area contributed by atoms with E-state index in [1.165, 1.54) is 6.07 Å². The maximum atomic E-state index is 13.9. The summed E-state index contributed by atoms with van der Waals surface area (Å²) in [5.74, 6) is -0.388. The van der Waals surface area contributed by atoms with E-state index < -0.39 is 0 Å². The molecule has 0 unspecified atom stereocenters. The minimum absolute atomic E-state index is 0.306. The smallest absolute Gasteiger partial charge is 0.175 e. The van der Waals surface area contributed by atoms with E-state index in [4.69, 9.17) is 12.2 Å². The van der Waals surface area contributed by atoms with Gasteiger partial charge in [-0.15, -0.1) is 0 Å². The molecule has 2 rings (SSSR count). The van der Waals surface area contributed by atoms with Crippen molar-refractivity contribution in [2.45, 2.75) is 13.8 Å². The number of anilines is 2. The normalized spacial score (nSPS) is 10.3. The van der Waals surface area contributed by atoms with Crippen molar-refractivity contribution in [2.24, 2.45) is 0 Å². The first-order valence-corrected chi connectivity index (χ1v) is 8.15. The summed E-state index contributed by atoms with van der Waals surface area (Å²) in [5.41, 5.74) is 3.45. The molecule has 0 aliphatic heterocycles. The molecule has 2 aromatic carbocycles. The van der Waals surface area contributed by atoms with Crippen LogP contribution >= 0.6 is 44.1 Å². The second kappa shape index (κ2) is 6.85. The van der Waals surface area contributed by atoms with Crippen molar-refractivity contribution < 1.29 is 4.39 Å². The third-order valence-corrected chi connectivity index (χ3v) is 4.01. The Morgan fingerprint density at radius 3 is 2.19 bits per heavy atom. The monoisotopic (exact) mass is 430 g/mol. The second-order valence-corrected chi connectivity index (χ2v) is 6.88. The number of halogens is 3. The van der Waals surface area contributed by atoms with E-state index in [-0.39, 0.29) is 5.82 Å². The highest BCUT2D eigenvalue weighted by Gasteiger charge is 2.10. The molecular formula is C15H13Br2FN2S. The van der Waals surface area contributed by atoms with Gasteiger partial charge in [-0.05, 0) is 77.4 Å². The molecule has 0 heterocycles. The number of benzene rings is 2. The Labute approximate surface area is 145 Å². The molecular weight excluding hydrogens is 419 g/mol. The van der Waals surface area contributed by atoms with Crippen LogP contribution in [0.2, 0.25) is 0 Å². The molecule has 0 bridgehead atoms. The summed E-state index contributed by atoms with van der Waals surface area (Å²) in [6.45, 7) is 4.03. The quantitative estimate of drug-likeness (QED) is 0.589. The van der Waals surface area contributed by atoms with E-state index in [1.807, 2.05) is 26.0 Å². The predicted octanol–water partition coefficient (Wildman–Crippen LogP) is 5.78. The lowest BCUT2D eigenvalue weighted by molar-refractivity contribution is 0.630. The maximum absolute atomic E-state index is 13.9. The van der Waals surface area contributed by atoms with Gasteiger partial charge in [0.25, 0.3) is 0 Å². The van der Waals surface area contributed by atoms with Crippen LogP contribution in [0, 0.1) is 19.7 Å². The van der Waals surface area contributed by atoms with E-state index in [9.17, 15) is 4.39 Å². The molecule has 110 valence electrons. The number of rotatable bonds is 2. The average molecular weight is 432 g/mol. The van der Waals surface area contributed by atoms with Gasteiger partial charge in [0, 0.05) is 14.6 Å². The molecule has 0 aliphatic carbocycles. The fraction of sp³-hybridized carbons (Fsp3) is 0.133. The van der Waals surface area contributed by atoms with Gasteiger partial charge in [-0.1, -0.05) is 22.0 Å². The van der Waals surface area contributed by atoms with Gasteiger partial charge in [0.1, 0.15) is 5.82 Å². The molecule has 0 fully saturated rings. The highest BCUT2D eigenvalue weighted by atomic mass is 79.9. The molecule has 0 aliphatic rings. The summed E-state index contributed by atoms with van der Waals surface area (Å²) < 4.78 is 15.2. The fourth-order valence-electron chi connectivity index (χ4n) is 1.98. The lowest BCUT2D eigenvalue weighted by Gasteiger charge is -2.14. The van der Waals surface area contributed by atoms with E-state index in [0.717, 1.165) is 16.8 Å². The van der Waals surface area contributed by atoms with Gasteiger partial charge in [0.05, 0.1) is 5.69 Å². The van der Waals surface area contributed by atoms with Crippen molar-refractivity contribution in [3.05, 3.63) is 56.2 Å². The third kappa shape index (κ3) is 4.49. The summed E-state index contributed by atoms with van der Waals surface area (Å²) in [6.07, 6.45) is 0. The highest BCUT2D eigenvalue weighted by Crippen LogP contribution is 2.29. The van der Waals surface area contributed by atoms with Crippen molar-refractivity contribution in [1.29, 1.82) is 0 Å². The molecule has 0 amide bonds. The van der Waals surface area contributed by atoms with Crippen molar-refractivity contribution in [1.82, 2.24) is 0 Å². The van der Waals surface area contributed by atoms with E-state index in [0.29, 0.717) is 19.7 Å². The minimum atomic E-state index is -0.388. The molecule has 0 spiro atoms. The molecule has 2 nitrogen and oxygen atoms in total. The lowest BCUT2D eigenvalue weighted by Crippen LogP contribution is -2.20. The molecule has 2 N–H and O–H groups in total. The zero-order chi connectivity index (χ0) is 15.6.